The number of aryl methyl sites for hydroxylation is 1. The van der Waals surface area contributed by atoms with Crippen molar-refractivity contribution in [1.29, 1.82) is 0 Å². The molecule has 2 aromatic rings. The summed E-state index contributed by atoms with van der Waals surface area (Å²) in [6, 6.07) is 7.05. The van der Waals surface area contributed by atoms with E-state index in [4.69, 9.17) is 5.73 Å². The molecule has 2 bridgehead atoms. The van der Waals surface area contributed by atoms with E-state index in [1.165, 1.54) is 60.6 Å². The Kier molecular flexibility index (Phi) is 5.74. The Morgan fingerprint density at radius 3 is 2.58 bits per heavy atom. The molecule has 1 aromatic carbocycles. The van der Waals surface area contributed by atoms with E-state index in [0.717, 1.165) is 18.2 Å². The number of piperidine rings is 1. The normalized spacial score (nSPS) is 33.0. The van der Waals surface area contributed by atoms with E-state index in [0.29, 0.717) is 11.9 Å². The highest BCUT2D eigenvalue weighted by Gasteiger charge is 2.48. The second-order valence-corrected chi connectivity index (χ2v) is 11.6. The molecule has 36 heavy (non-hydrogen) atoms. The average Bonchev–Trinajstić information content (AvgIpc) is 3.53. The minimum absolute atomic E-state index is 0.0945. The van der Waals surface area contributed by atoms with Crippen LogP contribution < -0.4 is 16.4 Å². The number of allylic oxidation sites excluding steroid dienone is 1. The summed E-state index contributed by atoms with van der Waals surface area (Å²) in [6.07, 6.45) is 11.4. The third kappa shape index (κ3) is 4.25. The van der Waals surface area contributed by atoms with E-state index in [1.807, 2.05) is 6.08 Å². The summed E-state index contributed by atoms with van der Waals surface area (Å²) in [5.74, 6) is 0.0108. The fraction of sp³-hybridized carbons (Fsp3) is 0.536. The van der Waals surface area contributed by atoms with Gasteiger partial charge in [0, 0.05) is 37.4 Å². The number of hydrogen-bond acceptors (Lipinski definition) is 5. The van der Waals surface area contributed by atoms with Gasteiger partial charge in [0.05, 0.1) is 38.3 Å². The Morgan fingerprint density at radius 2 is 1.89 bits per heavy atom. The van der Waals surface area contributed by atoms with Crippen molar-refractivity contribution >= 4 is 23.4 Å². The predicted octanol–water partition coefficient (Wildman–Crippen LogP) is 4.24. The number of benzene rings is 1. The zero-order valence-electron chi connectivity index (χ0n) is 21.1. The Labute approximate surface area is 212 Å². The van der Waals surface area contributed by atoms with E-state index in [9.17, 15) is 9.18 Å². The van der Waals surface area contributed by atoms with Crippen molar-refractivity contribution in [1.82, 2.24) is 9.97 Å². The van der Waals surface area contributed by atoms with Gasteiger partial charge in [0.2, 0.25) is 11.9 Å². The quantitative estimate of drug-likeness (QED) is 0.398. The molecule has 1 amide bonds. The third-order valence-electron chi connectivity index (χ3n) is 9.21. The number of quaternary nitrogens is 1. The number of nitrogens with one attached hydrogen (secondary N) is 2. The smallest absolute Gasteiger partial charge is 0.229 e. The lowest BCUT2D eigenvalue weighted by Crippen LogP contribution is -2.51. The van der Waals surface area contributed by atoms with Gasteiger partial charge < -0.3 is 20.9 Å². The van der Waals surface area contributed by atoms with Gasteiger partial charge in [-0.2, -0.15) is 4.98 Å². The number of carbonyl (C=O) groups excluding carboxylic acids is 1. The van der Waals surface area contributed by atoms with Gasteiger partial charge in [-0.05, 0) is 54.4 Å². The Morgan fingerprint density at radius 1 is 1.14 bits per heavy atom. The van der Waals surface area contributed by atoms with Crippen LogP contribution >= 0.6 is 0 Å². The third-order valence-corrected chi connectivity index (χ3v) is 9.21. The lowest BCUT2D eigenvalue weighted by molar-refractivity contribution is -0.924. The lowest BCUT2D eigenvalue weighted by atomic mass is 9.85. The standard InChI is InChI=1S/C28H35FN6O/c1-16-13-20(5-8-22(16)17-9-11-35(2,12-10-17)21-6-7-21)32-28-31-15-23(29)27(34-28)33-25-19-4-3-18(14-19)24(25)26(30)36/h3-5,8,13,15,17-19,21,24-25H,6-7,9-12,14H2,1-2H3,(H3-,30,31,32,33,34,36)/p+1/t17?,18-,19+,24+,25-,35?/m1/s1. The first-order chi connectivity index (χ1) is 17.3. The van der Waals surface area contributed by atoms with Gasteiger partial charge in [-0.1, -0.05) is 18.2 Å². The second kappa shape index (κ2) is 8.83. The van der Waals surface area contributed by atoms with E-state index < -0.39 is 5.82 Å². The molecule has 0 unspecified atom stereocenters. The van der Waals surface area contributed by atoms with Gasteiger partial charge in [0.1, 0.15) is 0 Å². The van der Waals surface area contributed by atoms with Crippen molar-refractivity contribution in [2.45, 2.75) is 57.0 Å². The average molecular weight is 492 g/mol. The molecule has 0 radical (unpaired) electrons. The summed E-state index contributed by atoms with van der Waals surface area (Å²) < 4.78 is 15.9. The van der Waals surface area contributed by atoms with Gasteiger partial charge in [-0.15, -0.1) is 0 Å². The molecule has 2 saturated carbocycles. The van der Waals surface area contributed by atoms with Crippen LogP contribution in [0.25, 0.3) is 0 Å². The topological polar surface area (TPSA) is 92.9 Å². The highest BCUT2D eigenvalue weighted by atomic mass is 19.1. The number of anilines is 3. The summed E-state index contributed by atoms with van der Waals surface area (Å²) >= 11 is 0. The molecule has 7 nitrogen and oxygen atoms in total. The maximum absolute atomic E-state index is 14.6. The first-order valence-corrected chi connectivity index (χ1v) is 13.3. The van der Waals surface area contributed by atoms with Crippen molar-refractivity contribution < 1.29 is 13.7 Å². The van der Waals surface area contributed by atoms with Crippen LogP contribution in [-0.2, 0) is 4.79 Å². The highest BCUT2D eigenvalue weighted by Crippen LogP contribution is 2.45. The van der Waals surface area contributed by atoms with Crippen LogP contribution in [0.2, 0.25) is 0 Å². The first kappa shape index (κ1) is 23.4. The molecule has 3 fully saturated rings. The molecule has 1 aliphatic heterocycles. The second-order valence-electron chi connectivity index (χ2n) is 11.6. The molecule has 8 heteroatoms. The van der Waals surface area contributed by atoms with Crippen LogP contribution in [0.4, 0.5) is 21.8 Å². The number of rotatable bonds is 7. The van der Waals surface area contributed by atoms with Gasteiger partial charge in [0.15, 0.2) is 11.6 Å². The van der Waals surface area contributed by atoms with Crippen LogP contribution in [0.5, 0.6) is 0 Å². The number of amides is 1. The summed E-state index contributed by atoms with van der Waals surface area (Å²) in [6.45, 7) is 4.70. The minimum Gasteiger partial charge on any atom is -0.369 e. The number of hydrogen-bond donors (Lipinski definition) is 3. The van der Waals surface area contributed by atoms with Crippen LogP contribution in [0.1, 0.15) is 49.1 Å². The maximum atomic E-state index is 14.6. The van der Waals surface area contributed by atoms with Crippen molar-refractivity contribution in [3.8, 4) is 0 Å². The molecule has 4 N–H and O–H groups in total. The molecule has 1 saturated heterocycles. The number of aromatic nitrogens is 2. The van der Waals surface area contributed by atoms with E-state index in [1.54, 1.807) is 0 Å². The maximum Gasteiger partial charge on any atom is 0.229 e. The molecule has 6 rings (SSSR count). The van der Waals surface area contributed by atoms with Gasteiger partial charge in [-0.3, -0.25) is 4.79 Å². The summed E-state index contributed by atoms with van der Waals surface area (Å²) in [7, 11) is 2.43. The molecule has 0 spiro atoms. The Bertz CT molecular complexity index is 1200. The number of halogens is 1. The van der Waals surface area contributed by atoms with Gasteiger partial charge in [-0.25, -0.2) is 9.37 Å². The fourth-order valence-electron chi connectivity index (χ4n) is 6.97. The zero-order valence-corrected chi connectivity index (χ0v) is 21.1. The van der Waals surface area contributed by atoms with Crippen molar-refractivity contribution in [2.24, 2.45) is 23.5 Å². The molecular formula is C28H36FN6O+. The van der Waals surface area contributed by atoms with Crippen LogP contribution in [0.3, 0.4) is 0 Å². The minimum atomic E-state index is -0.545. The zero-order chi connectivity index (χ0) is 25.0. The molecule has 4 atom stereocenters. The Hall–Kier alpha value is -3.00. The summed E-state index contributed by atoms with van der Waals surface area (Å²) in [5.41, 5.74) is 9.21. The van der Waals surface area contributed by atoms with Crippen LogP contribution in [0, 0.1) is 30.5 Å². The fourth-order valence-corrected chi connectivity index (χ4v) is 6.97. The van der Waals surface area contributed by atoms with E-state index in [-0.39, 0.29) is 35.5 Å². The number of nitrogens with zero attached hydrogens (tertiary/aromatic N) is 3. The van der Waals surface area contributed by atoms with Gasteiger partial charge in [0.25, 0.3) is 0 Å². The monoisotopic (exact) mass is 491 g/mol. The Balaban J connectivity index is 1.14. The van der Waals surface area contributed by atoms with Crippen molar-refractivity contribution in [3.05, 3.63) is 53.5 Å². The van der Waals surface area contributed by atoms with Crippen molar-refractivity contribution in [3.63, 3.8) is 0 Å². The summed E-state index contributed by atoms with van der Waals surface area (Å²) in [5, 5.41) is 6.39. The lowest BCUT2D eigenvalue weighted by Gasteiger charge is -2.41. The molecule has 3 aliphatic carbocycles. The largest absolute Gasteiger partial charge is 0.369 e. The molecule has 190 valence electrons. The van der Waals surface area contributed by atoms with Crippen LogP contribution in [0.15, 0.2) is 36.5 Å². The number of nitrogens with two attached hydrogens (primary N) is 1. The van der Waals surface area contributed by atoms with Gasteiger partial charge >= 0.3 is 0 Å². The number of primary amides is 1. The predicted molar refractivity (Wildman–Crippen MR) is 138 cm³/mol. The number of carbonyl (C=O) groups is 1. The van der Waals surface area contributed by atoms with E-state index >= 15 is 0 Å². The number of fused-ring (bicyclic) bond motifs is 2. The summed E-state index contributed by atoms with van der Waals surface area (Å²) in [4.78, 5) is 20.6. The molecule has 1 aromatic heterocycles. The SMILES string of the molecule is Cc1cc(Nc2ncc(F)c(N[C@H]3[C@@H](C(N)=O)[C@@H]4C=C[C@H]3C4)n2)ccc1C1CC[N+](C)(C2CC2)CC1. The van der Waals surface area contributed by atoms with Crippen LogP contribution in [-0.4, -0.2) is 52.6 Å². The molecule has 4 aliphatic rings. The molecule has 2 heterocycles. The molecular weight excluding hydrogens is 455 g/mol. The van der Waals surface area contributed by atoms with Crippen molar-refractivity contribution in [2.75, 3.05) is 30.8 Å². The van der Waals surface area contributed by atoms with E-state index in [2.05, 4.69) is 58.8 Å². The first-order valence-electron chi connectivity index (χ1n) is 13.3. The highest BCUT2D eigenvalue weighted by molar-refractivity contribution is 5.79. The number of likely N-dealkylation sites (tertiary alicyclic amines) is 1.